The summed E-state index contributed by atoms with van der Waals surface area (Å²) < 4.78 is 0. The molecule has 0 heteroatoms. The molecular weight excluding hydrogens is 432 g/mol. The third kappa shape index (κ3) is 7.95. The lowest BCUT2D eigenvalue weighted by molar-refractivity contribution is 1.07. The molecule has 0 bridgehead atoms. The summed E-state index contributed by atoms with van der Waals surface area (Å²) in [6.07, 6.45) is 7.03. The van der Waals surface area contributed by atoms with Gasteiger partial charge in [0.2, 0.25) is 0 Å². The van der Waals surface area contributed by atoms with Gasteiger partial charge in [-0.25, -0.2) is 0 Å². The maximum absolute atomic E-state index is 4.06. The van der Waals surface area contributed by atoms with E-state index in [0.29, 0.717) is 0 Å². The van der Waals surface area contributed by atoms with Gasteiger partial charge in [-0.05, 0) is 70.3 Å². The van der Waals surface area contributed by atoms with Gasteiger partial charge in [0.15, 0.2) is 0 Å². The first-order chi connectivity index (χ1) is 17.6. The van der Waals surface area contributed by atoms with Gasteiger partial charge in [-0.1, -0.05) is 137 Å². The van der Waals surface area contributed by atoms with Gasteiger partial charge in [0.05, 0.1) is 0 Å². The van der Waals surface area contributed by atoms with E-state index in [-0.39, 0.29) is 0 Å². The maximum atomic E-state index is 4.06. The van der Waals surface area contributed by atoms with E-state index in [0.717, 1.165) is 19.3 Å². The molecular formula is C36H44. The number of aryl methyl sites for hydroxylation is 2. The van der Waals surface area contributed by atoms with Gasteiger partial charge in [-0.2, -0.15) is 0 Å². The van der Waals surface area contributed by atoms with Crippen LogP contribution in [0, 0.1) is 6.92 Å². The van der Waals surface area contributed by atoms with Crippen LogP contribution in [0.15, 0.2) is 105 Å². The summed E-state index contributed by atoms with van der Waals surface area (Å²) in [6, 6.07) is 28.0. The number of hydrogen-bond acceptors (Lipinski definition) is 0. The van der Waals surface area contributed by atoms with Crippen LogP contribution in [0.3, 0.4) is 0 Å². The van der Waals surface area contributed by atoms with Crippen LogP contribution in [0.4, 0.5) is 0 Å². The highest BCUT2D eigenvalue weighted by atomic mass is 14.2. The van der Waals surface area contributed by atoms with E-state index in [2.05, 4.69) is 126 Å². The Morgan fingerprint density at radius 1 is 0.583 bits per heavy atom. The van der Waals surface area contributed by atoms with Crippen LogP contribution in [0.5, 0.6) is 0 Å². The molecule has 0 aliphatic heterocycles. The number of hydrogen-bond donors (Lipinski definition) is 0. The van der Waals surface area contributed by atoms with Gasteiger partial charge in [-0.3, -0.25) is 0 Å². The minimum Gasteiger partial charge on any atom is -0.106 e. The van der Waals surface area contributed by atoms with Crippen LogP contribution in [0.25, 0.3) is 22.9 Å². The number of benzene rings is 4. The molecule has 0 aliphatic carbocycles. The lowest BCUT2D eigenvalue weighted by Gasteiger charge is -2.19. The first-order valence-electron chi connectivity index (χ1n) is 13.0. The molecule has 0 atom stereocenters. The van der Waals surface area contributed by atoms with Gasteiger partial charge in [0.1, 0.15) is 0 Å². The van der Waals surface area contributed by atoms with Crippen molar-refractivity contribution in [1.82, 2.24) is 0 Å². The van der Waals surface area contributed by atoms with Crippen molar-refractivity contribution in [3.63, 3.8) is 0 Å². The number of rotatable bonds is 6. The van der Waals surface area contributed by atoms with Crippen molar-refractivity contribution in [2.45, 2.75) is 53.9 Å². The standard InChI is InChI=1S/C23H22.C9H12.C2H6.C2H4/c1-4-18-19(5-2)21-14-10-11-15-22(21)23(20(18)6-3)16-17-12-8-7-9-13-17;1-3-9-6-4-8(2)5-7-9;2*1-2/h4-5,7-15H,1-2,6,16H2,3H3;4-7H,3H2,1-2H3;1-2H3;1-2H2. The highest BCUT2D eigenvalue weighted by Crippen LogP contribution is 2.34. The lowest BCUT2D eigenvalue weighted by Crippen LogP contribution is -2.02. The van der Waals surface area contributed by atoms with E-state index in [9.17, 15) is 0 Å². The SMILES string of the molecule is C=C.C=Cc1c(CC)c(Cc2ccccc2)c2ccccc2c1C=C.CC.CCc1ccc(C)cc1. The summed E-state index contributed by atoms with van der Waals surface area (Å²) in [5.41, 5.74) is 9.32. The summed E-state index contributed by atoms with van der Waals surface area (Å²) in [5.74, 6) is 0. The van der Waals surface area contributed by atoms with E-state index < -0.39 is 0 Å². The van der Waals surface area contributed by atoms with Crippen LogP contribution in [-0.2, 0) is 19.3 Å². The van der Waals surface area contributed by atoms with Crippen LogP contribution in [0.1, 0.15) is 66.6 Å². The van der Waals surface area contributed by atoms with Crippen molar-refractivity contribution in [2.24, 2.45) is 0 Å². The molecule has 36 heavy (non-hydrogen) atoms. The van der Waals surface area contributed by atoms with E-state index in [1.165, 1.54) is 49.7 Å². The third-order valence-electron chi connectivity index (χ3n) is 6.04. The quantitative estimate of drug-likeness (QED) is 0.243. The van der Waals surface area contributed by atoms with Gasteiger partial charge < -0.3 is 0 Å². The minimum atomic E-state index is 0.947. The predicted molar refractivity (Wildman–Crippen MR) is 166 cm³/mol. The molecule has 4 aromatic carbocycles. The Labute approximate surface area is 220 Å². The first kappa shape index (κ1) is 30.4. The van der Waals surface area contributed by atoms with Crippen molar-refractivity contribution in [2.75, 3.05) is 0 Å². The van der Waals surface area contributed by atoms with Crippen LogP contribution >= 0.6 is 0 Å². The monoisotopic (exact) mass is 476 g/mol. The summed E-state index contributed by atoms with van der Waals surface area (Å²) in [7, 11) is 0. The minimum absolute atomic E-state index is 0.947. The topological polar surface area (TPSA) is 0 Å². The molecule has 0 radical (unpaired) electrons. The Bertz CT molecular complexity index is 1190. The van der Waals surface area contributed by atoms with E-state index >= 15 is 0 Å². The van der Waals surface area contributed by atoms with Crippen LogP contribution in [-0.4, -0.2) is 0 Å². The first-order valence-corrected chi connectivity index (χ1v) is 13.0. The second kappa shape index (κ2) is 16.9. The largest absolute Gasteiger partial charge is 0.106 e. The normalized spacial score (nSPS) is 9.47. The van der Waals surface area contributed by atoms with Crippen molar-refractivity contribution < 1.29 is 0 Å². The Balaban J connectivity index is 0.000000417. The van der Waals surface area contributed by atoms with Gasteiger partial charge in [0.25, 0.3) is 0 Å². The molecule has 4 rings (SSSR count). The van der Waals surface area contributed by atoms with Crippen LogP contribution in [0.2, 0.25) is 0 Å². The van der Waals surface area contributed by atoms with Gasteiger partial charge in [-0.15, -0.1) is 13.2 Å². The third-order valence-corrected chi connectivity index (χ3v) is 6.04. The van der Waals surface area contributed by atoms with Crippen molar-refractivity contribution in [3.05, 3.63) is 144 Å². The lowest BCUT2D eigenvalue weighted by atomic mass is 9.85. The van der Waals surface area contributed by atoms with Crippen molar-refractivity contribution >= 4 is 22.9 Å². The molecule has 188 valence electrons. The molecule has 0 N–H and O–H groups in total. The van der Waals surface area contributed by atoms with Crippen LogP contribution < -0.4 is 0 Å². The molecule has 4 aromatic rings. The summed E-state index contributed by atoms with van der Waals surface area (Å²) in [5, 5.41) is 2.59. The molecule has 0 nitrogen and oxygen atoms in total. The van der Waals surface area contributed by atoms with Gasteiger partial charge in [0, 0.05) is 0 Å². The summed E-state index contributed by atoms with van der Waals surface area (Å²) in [4.78, 5) is 0. The summed E-state index contributed by atoms with van der Waals surface area (Å²) in [6.45, 7) is 24.6. The maximum Gasteiger partial charge on any atom is -0.00167 e. The highest BCUT2D eigenvalue weighted by molar-refractivity contribution is 5.97. The van der Waals surface area contributed by atoms with Gasteiger partial charge >= 0.3 is 0 Å². The zero-order valence-electron chi connectivity index (χ0n) is 23.1. The van der Waals surface area contributed by atoms with E-state index in [1.54, 1.807) is 0 Å². The molecule has 0 fully saturated rings. The molecule has 0 saturated heterocycles. The average molecular weight is 477 g/mol. The second-order valence-electron chi connectivity index (χ2n) is 8.09. The average Bonchev–Trinajstić information content (AvgIpc) is 2.96. The molecule has 0 amide bonds. The van der Waals surface area contributed by atoms with E-state index in [4.69, 9.17) is 0 Å². The zero-order chi connectivity index (χ0) is 26.9. The molecule has 0 aromatic heterocycles. The molecule has 0 saturated carbocycles. The number of fused-ring (bicyclic) bond motifs is 1. The summed E-state index contributed by atoms with van der Waals surface area (Å²) >= 11 is 0. The Hall–Kier alpha value is -3.64. The van der Waals surface area contributed by atoms with E-state index in [1.807, 2.05) is 26.0 Å². The molecule has 0 spiro atoms. The Morgan fingerprint density at radius 2 is 1.11 bits per heavy atom. The highest BCUT2D eigenvalue weighted by Gasteiger charge is 2.15. The zero-order valence-corrected chi connectivity index (χ0v) is 23.1. The van der Waals surface area contributed by atoms with Crippen molar-refractivity contribution in [1.29, 1.82) is 0 Å². The molecule has 0 heterocycles. The molecule has 0 unspecified atom stereocenters. The fraction of sp³-hybridized carbons (Fsp3) is 0.222. The Morgan fingerprint density at radius 3 is 1.61 bits per heavy atom. The fourth-order valence-electron chi connectivity index (χ4n) is 4.30. The second-order valence-corrected chi connectivity index (χ2v) is 8.09. The fourth-order valence-corrected chi connectivity index (χ4v) is 4.30. The predicted octanol–water partition coefficient (Wildman–Crippen LogP) is 10.7. The smallest absolute Gasteiger partial charge is 0.00167 e. The Kier molecular flexibility index (Phi) is 14.3. The molecule has 0 aliphatic rings. The van der Waals surface area contributed by atoms with Crippen molar-refractivity contribution in [3.8, 4) is 0 Å².